The monoisotopic (exact) mass is 224 g/mol. The van der Waals surface area contributed by atoms with Crippen LogP contribution in [0, 0.1) is 0 Å². The SMILES string of the molecule is CC1C(=O)NCC(=O)N1Cc1cccs1. The van der Waals surface area contributed by atoms with E-state index in [0.29, 0.717) is 6.54 Å². The summed E-state index contributed by atoms with van der Waals surface area (Å²) in [6.45, 7) is 2.40. The van der Waals surface area contributed by atoms with Crippen molar-refractivity contribution in [3.05, 3.63) is 22.4 Å². The summed E-state index contributed by atoms with van der Waals surface area (Å²) in [5, 5.41) is 4.53. The number of nitrogens with zero attached hydrogens (tertiary/aromatic N) is 1. The highest BCUT2D eigenvalue weighted by molar-refractivity contribution is 7.09. The molecular weight excluding hydrogens is 212 g/mol. The third kappa shape index (κ3) is 2.02. The topological polar surface area (TPSA) is 49.4 Å². The molecule has 1 atom stereocenters. The molecule has 2 amide bonds. The molecule has 1 unspecified atom stereocenters. The molecule has 1 fully saturated rings. The zero-order valence-electron chi connectivity index (χ0n) is 8.40. The molecule has 1 aromatic heterocycles. The molecule has 2 heterocycles. The number of piperazine rings is 1. The number of rotatable bonds is 2. The van der Waals surface area contributed by atoms with E-state index < -0.39 is 0 Å². The summed E-state index contributed by atoms with van der Waals surface area (Å²) in [6, 6.07) is 3.55. The Morgan fingerprint density at radius 1 is 1.60 bits per heavy atom. The Morgan fingerprint density at radius 2 is 2.40 bits per heavy atom. The van der Waals surface area contributed by atoms with E-state index in [1.165, 1.54) is 0 Å². The number of carbonyl (C=O) groups excluding carboxylic acids is 2. The highest BCUT2D eigenvalue weighted by atomic mass is 32.1. The molecule has 0 bridgehead atoms. The Labute approximate surface area is 91.9 Å². The van der Waals surface area contributed by atoms with Crippen LogP contribution in [0.3, 0.4) is 0 Å². The second kappa shape index (κ2) is 4.02. The first-order chi connectivity index (χ1) is 7.18. The van der Waals surface area contributed by atoms with Gasteiger partial charge in [-0.1, -0.05) is 6.07 Å². The lowest BCUT2D eigenvalue weighted by molar-refractivity contribution is -0.145. The smallest absolute Gasteiger partial charge is 0.242 e. The van der Waals surface area contributed by atoms with Crippen molar-refractivity contribution in [3.63, 3.8) is 0 Å². The summed E-state index contributed by atoms with van der Waals surface area (Å²) >= 11 is 1.60. The van der Waals surface area contributed by atoms with Crippen molar-refractivity contribution >= 4 is 23.2 Å². The molecule has 15 heavy (non-hydrogen) atoms. The average molecular weight is 224 g/mol. The maximum Gasteiger partial charge on any atom is 0.242 e. The summed E-state index contributed by atoms with van der Waals surface area (Å²) in [4.78, 5) is 25.7. The van der Waals surface area contributed by atoms with Crippen LogP contribution < -0.4 is 5.32 Å². The lowest BCUT2D eigenvalue weighted by Crippen LogP contribution is -2.56. The van der Waals surface area contributed by atoms with Crippen LogP contribution in [0.15, 0.2) is 17.5 Å². The molecule has 1 aromatic rings. The van der Waals surface area contributed by atoms with Gasteiger partial charge in [0.2, 0.25) is 11.8 Å². The third-order valence-electron chi connectivity index (χ3n) is 2.49. The maximum absolute atomic E-state index is 11.6. The van der Waals surface area contributed by atoms with E-state index >= 15 is 0 Å². The highest BCUT2D eigenvalue weighted by Crippen LogP contribution is 2.15. The van der Waals surface area contributed by atoms with Crippen molar-refractivity contribution < 1.29 is 9.59 Å². The predicted molar refractivity (Wildman–Crippen MR) is 57.3 cm³/mol. The molecule has 0 radical (unpaired) electrons. The Balaban J connectivity index is 2.12. The van der Waals surface area contributed by atoms with Gasteiger partial charge in [0.05, 0.1) is 13.1 Å². The van der Waals surface area contributed by atoms with Gasteiger partial charge < -0.3 is 10.2 Å². The Kier molecular flexibility index (Phi) is 2.73. The average Bonchev–Trinajstić information content (AvgIpc) is 2.71. The zero-order chi connectivity index (χ0) is 10.8. The molecule has 1 saturated heterocycles. The fourth-order valence-corrected chi connectivity index (χ4v) is 2.27. The number of hydrogen-bond acceptors (Lipinski definition) is 3. The van der Waals surface area contributed by atoms with E-state index in [1.807, 2.05) is 17.5 Å². The fourth-order valence-electron chi connectivity index (χ4n) is 1.57. The van der Waals surface area contributed by atoms with Crippen molar-refractivity contribution in [2.45, 2.75) is 19.5 Å². The van der Waals surface area contributed by atoms with E-state index in [1.54, 1.807) is 23.2 Å². The van der Waals surface area contributed by atoms with E-state index in [9.17, 15) is 9.59 Å². The first-order valence-electron chi connectivity index (χ1n) is 4.78. The van der Waals surface area contributed by atoms with E-state index in [4.69, 9.17) is 0 Å². The summed E-state index contributed by atoms with van der Waals surface area (Å²) in [5.41, 5.74) is 0. The first-order valence-corrected chi connectivity index (χ1v) is 5.66. The van der Waals surface area contributed by atoms with Crippen molar-refractivity contribution in [2.24, 2.45) is 0 Å². The number of nitrogens with one attached hydrogen (secondary N) is 1. The fraction of sp³-hybridized carbons (Fsp3) is 0.400. The summed E-state index contributed by atoms with van der Waals surface area (Å²) in [6.07, 6.45) is 0. The molecule has 4 nitrogen and oxygen atoms in total. The Hall–Kier alpha value is -1.36. The van der Waals surface area contributed by atoms with Crippen LogP contribution >= 0.6 is 11.3 Å². The second-order valence-corrected chi connectivity index (χ2v) is 4.53. The minimum atomic E-state index is -0.367. The summed E-state index contributed by atoms with van der Waals surface area (Å²) < 4.78 is 0. The molecule has 0 saturated carbocycles. The van der Waals surface area contributed by atoms with Crippen LogP contribution in [0.5, 0.6) is 0 Å². The van der Waals surface area contributed by atoms with Crippen LogP contribution in [0.2, 0.25) is 0 Å². The molecule has 1 aliphatic heterocycles. The molecule has 0 spiro atoms. The number of hydrogen-bond donors (Lipinski definition) is 1. The van der Waals surface area contributed by atoms with Crippen molar-refractivity contribution in [3.8, 4) is 0 Å². The van der Waals surface area contributed by atoms with Crippen molar-refractivity contribution in [2.75, 3.05) is 6.54 Å². The lowest BCUT2D eigenvalue weighted by Gasteiger charge is -2.32. The molecule has 1 N–H and O–H groups in total. The van der Waals surface area contributed by atoms with E-state index in [0.717, 1.165) is 4.88 Å². The van der Waals surface area contributed by atoms with E-state index in [-0.39, 0.29) is 24.4 Å². The highest BCUT2D eigenvalue weighted by Gasteiger charge is 2.30. The first kappa shape index (κ1) is 10.2. The second-order valence-electron chi connectivity index (χ2n) is 3.49. The Morgan fingerprint density at radius 3 is 3.07 bits per heavy atom. The van der Waals surface area contributed by atoms with Gasteiger partial charge in [0.1, 0.15) is 6.04 Å². The number of carbonyl (C=O) groups is 2. The molecule has 1 aliphatic rings. The predicted octanol–water partition coefficient (Wildman–Crippen LogP) is 0.595. The van der Waals surface area contributed by atoms with Gasteiger partial charge in [-0.25, -0.2) is 0 Å². The molecule has 0 aromatic carbocycles. The standard InChI is InChI=1S/C10H12N2O2S/c1-7-10(14)11-5-9(13)12(7)6-8-3-2-4-15-8/h2-4,7H,5-6H2,1H3,(H,11,14). The molecule has 80 valence electrons. The van der Waals surface area contributed by atoms with Gasteiger partial charge in [-0.05, 0) is 18.4 Å². The largest absolute Gasteiger partial charge is 0.345 e. The number of thiophene rings is 1. The van der Waals surface area contributed by atoms with Gasteiger partial charge in [0, 0.05) is 4.88 Å². The third-order valence-corrected chi connectivity index (χ3v) is 3.35. The minimum Gasteiger partial charge on any atom is -0.345 e. The molecule has 0 aliphatic carbocycles. The molecule has 2 rings (SSSR count). The normalized spacial score (nSPS) is 21.7. The van der Waals surface area contributed by atoms with Crippen molar-refractivity contribution in [1.82, 2.24) is 10.2 Å². The van der Waals surface area contributed by atoms with Gasteiger partial charge >= 0.3 is 0 Å². The van der Waals surface area contributed by atoms with Crippen LogP contribution in [-0.2, 0) is 16.1 Å². The summed E-state index contributed by atoms with van der Waals surface area (Å²) in [5.74, 6) is -0.0957. The molecule has 5 heteroatoms. The minimum absolute atomic E-state index is 0.0181. The van der Waals surface area contributed by atoms with E-state index in [2.05, 4.69) is 5.32 Å². The quantitative estimate of drug-likeness (QED) is 0.799. The van der Waals surface area contributed by atoms with Crippen LogP contribution in [0.1, 0.15) is 11.8 Å². The Bertz CT molecular complexity index is 375. The van der Waals surface area contributed by atoms with Crippen LogP contribution in [0.4, 0.5) is 0 Å². The van der Waals surface area contributed by atoms with Gasteiger partial charge in [-0.15, -0.1) is 11.3 Å². The van der Waals surface area contributed by atoms with Gasteiger partial charge in [-0.2, -0.15) is 0 Å². The van der Waals surface area contributed by atoms with Crippen LogP contribution in [0.25, 0.3) is 0 Å². The van der Waals surface area contributed by atoms with Crippen LogP contribution in [-0.4, -0.2) is 29.3 Å². The van der Waals surface area contributed by atoms with Crippen molar-refractivity contribution in [1.29, 1.82) is 0 Å². The molecular formula is C10H12N2O2S. The number of amides is 2. The zero-order valence-corrected chi connectivity index (χ0v) is 9.21. The lowest BCUT2D eigenvalue weighted by atomic mass is 10.2. The van der Waals surface area contributed by atoms with Gasteiger partial charge in [0.25, 0.3) is 0 Å². The van der Waals surface area contributed by atoms with Gasteiger partial charge in [-0.3, -0.25) is 9.59 Å². The maximum atomic E-state index is 11.6. The summed E-state index contributed by atoms with van der Waals surface area (Å²) in [7, 11) is 0. The van der Waals surface area contributed by atoms with Gasteiger partial charge in [0.15, 0.2) is 0 Å².